The molecule has 0 fully saturated rings. The molecule has 0 saturated heterocycles. The molecule has 25 heavy (non-hydrogen) atoms. The molecule has 0 aliphatic heterocycles. The predicted octanol–water partition coefficient (Wildman–Crippen LogP) is 3.46. The SMILES string of the molecule is Cc1nn(C)c(C)c1-c1ccnc(N[C@H]2CCc3ccccc3C2)n1. The number of nitrogens with zero attached hydrogens (tertiary/aromatic N) is 4. The lowest BCUT2D eigenvalue weighted by Crippen LogP contribution is -2.28. The van der Waals surface area contributed by atoms with Crippen molar-refractivity contribution in [2.45, 2.75) is 39.2 Å². The van der Waals surface area contributed by atoms with Crippen LogP contribution in [0.3, 0.4) is 0 Å². The maximum absolute atomic E-state index is 4.75. The topological polar surface area (TPSA) is 55.6 Å². The number of hydrogen-bond donors (Lipinski definition) is 1. The average molecular weight is 333 g/mol. The monoisotopic (exact) mass is 333 g/mol. The van der Waals surface area contributed by atoms with Crippen LogP contribution >= 0.6 is 0 Å². The second-order valence-corrected chi connectivity index (χ2v) is 6.79. The Morgan fingerprint density at radius 3 is 2.68 bits per heavy atom. The van der Waals surface area contributed by atoms with Gasteiger partial charge in [0.25, 0.3) is 0 Å². The minimum absolute atomic E-state index is 0.376. The Morgan fingerprint density at radius 2 is 1.92 bits per heavy atom. The molecular formula is C20H23N5. The third kappa shape index (κ3) is 3.02. The molecule has 0 amide bonds. The Hall–Kier alpha value is -2.69. The number of hydrogen-bond acceptors (Lipinski definition) is 4. The first-order valence-corrected chi connectivity index (χ1v) is 8.79. The van der Waals surface area contributed by atoms with Gasteiger partial charge in [-0.3, -0.25) is 4.68 Å². The van der Waals surface area contributed by atoms with Gasteiger partial charge in [-0.1, -0.05) is 24.3 Å². The molecule has 0 radical (unpaired) electrons. The molecule has 2 heterocycles. The molecule has 2 aromatic heterocycles. The van der Waals surface area contributed by atoms with Gasteiger partial charge in [-0.05, 0) is 50.3 Å². The van der Waals surface area contributed by atoms with Gasteiger partial charge in [0, 0.05) is 30.5 Å². The van der Waals surface area contributed by atoms with Crippen molar-refractivity contribution in [1.29, 1.82) is 0 Å². The molecule has 5 heteroatoms. The van der Waals surface area contributed by atoms with Crippen LogP contribution in [0.4, 0.5) is 5.95 Å². The summed E-state index contributed by atoms with van der Waals surface area (Å²) >= 11 is 0. The van der Waals surface area contributed by atoms with Crippen LogP contribution in [0.2, 0.25) is 0 Å². The van der Waals surface area contributed by atoms with Gasteiger partial charge in [-0.2, -0.15) is 5.10 Å². The lowest BCUT2D eigenvalue weighted by atomic mass is 9.88. The Kier molecular flexibility index (Phi) is 3.99. The summed E-state index contributed by atoms with van der Waals surface area (Å²) < 4.78 is 1.90. The number of benzene rings is 1. The van der Waals surface area contributed by atoms with Crippen molar-refractivity contribution >= 4 is 5.95 Å². The first-order chi connectivity index (χ1) is 12.1. The molecule has 1 aliphatic rings. The fourth-order valence-corrected chi connectivity index (χ4v) is 3.72. The van der Waals surface area contributed by atoms with E-state index in [-0.39, 0.29) is 0 Å². The Balaban J connectivity index is 1.57. The molecule has 0 unspecified atom stereocenters. The Morgan fingerprint density at radius 1 is 1.12 bits per heavy atom. The number of aromatic nitrogens is 4. The van der Waals surface area contributed by atoms with E-state index in [4.69, 9.17) is 4.98 Å². The first kappa shape index (κ1) is 15.8. The number of aryl methyl sites for hydroxylation is 3. The highest BCUT2D eigenvalue weighted by atomic mass is 15.3. The van der Waals surface area contributed by atoms with Crippen molar-refractivity contribution in [2.75, 3.05) is 5.32 Å². The second kappa shape index (κ2) is 6.31. The van der Waals surface area contributed by atoms with E-state index in [1.54, 1.807) is 0 Å². The van der Waals surface area contributed by atoms with Gasteiger partial charge < -0.3 is 5.32 Å². The smallest absolute Gasteiger partial charge is 0.223 e. The van der Waals surface area contributed by atoms with Crippen LogP contribution < -0.4 is 5.32 Å². The number of fused-ring (bicyclic) bond motifs is 1. The van der Waals surface area contributed by atoms with E-state index in [2.05, 4.69) is 46.6 Å². The molecule has 1 atom stereocenters. The molecule has 128 valence electrons. The van der Waals surface area contributed by atoms with Gasteiger partial charge in [0.1, 0.15) is 0 Å². The third-order valence-electron chi connectivity index (χ3n) is 5.10. The summed E-state index contributed by atoms with van der Waals surface area (Å²) in [6, 6.07) is 11.0. The number of nitrogens with one attached hydrogen (secondary N) is 1. The van der Waals surface area contributed by atoms with Crippen LogP contribution in [0.15, 0.2) is 36.5 Å². The Labute approximate surface area is 148 Å². The molecule has 0 saturated carbocycles. The van der Waals surface area contributed by atoms with Crippen LogP contribution in [-0.2, 0) is 19.9 Å². The van der Waals surface area contributed by atoms with Gasteiger partial charge >= 0.3 is 0 Å². The zero-order valence-corrected chi connectivity index (χ0v) is 15.0. The third-order valence-corrected chi connectivity index (χ3v) is 5.10. The fourth-order valence-electron chi connectivity index (χ4n) is 3.72. The maximum Gasteiger partial charge on any atom is 0.223 e. The van der Waals surface area contributed by atoms with Crippen molar-refractivity contribution in [3.8, 4) is 11.3 Å². The highest BCUT2D eigenvalue weighted by Gasteiger charge is 2.19. The summed E-state index contributed by atoms with van der Waals surface area (Å²) in [5, 5.41) is 8.02. The first-order valence-electron chi connectivity index (χ1n) is 8.79. The molecule has 4 rings (SSSR count). The van der Waals surface area contributed by atoms with E-state index in [1.165, 1.54) is 11.1 Å². The summed E-state index contributed by atoms with van der Waals surface area (Å²) in [5.41, 5.74) is 7.04. The molecule has 0 spiro atoms. The van der Waals surface area contributed by atoms with Crippen LogP contribution in [0.25, 0.3) is 11.3 Å². The van der Waals surface area contributed by atoms with Crippen LogP contribution in [0.5, 0.6) is 0 Å². The van der Waals surface area contributed by atoms with Crippen molar-refractivity contribution in [2.24, 2.45) is 7.05 Å². The average Bonchev–Trinajstić information content (AvgIpc) is 2.87. The highest BCUT2D eigenvalue weighted by molar-refractivity contribution is 5.65. The van der Waals surface area contributed by atoms with Crippen molar-refractivity contribution < 1.29 is 0 Å². The standard InChI is InChI=1S/C20H23N5/c1-13-19(14(2)25(3)24-13)18-10-11-21-20(23-18)22-17-9-8-15-6-4-5-7-16(15)12-17/h4-7,10-11,17H,8-9,12H2,1-3H3,(H,21,22,23)/t17-/m0/s1. The van der Waals surface area contributed by atoms with Crippen molar-refractivity contribution in [3.05, 3.63) is 59.0 Å². The van der Waals surface area contributed by atoms with Crippen molar-refractivity contribution in [3.63, 3.8) is 0 Å². The van der Waals surface area contributed by atoms with E-state index in [0.29, 0.717) is 12.0 Å². The summed E-state index contributed by atoms with van der Waals surface area (Å²) in [7, 11) is 1.96. The molecule has 1 N–H and O–H groups in total. The van der Waals surface area contributed by atoms with Gasteiger partial charge in [0.15, 0.2) is 0 Å². The van der Waals surface area contributed by atoms with E-state index < -0.39 is 0 Å². The number of rotatable bonds is 3. The van der Waals surface area contributed by atoms with E-state index in [0.717, 1.165) is 41.9 Å². The normalized spacial score (nSPS) is 16.5. The van der Waals surface area contributed by atoms with Crippen LogP contribution in [0.1, 0.15) is 28.9 Å². The summed E-state index contributed by atoms with van der Waals surface area (Å²) in [6.45, 7) is 4.10. The van der Waals surface area contributed by atoms with Crippen molar-refractivity contribution in [1.82, 2.24) is 19.7 Å². The molecule has 3 aromatic rings. The quantitative estimate of drug-likeness (QED) is 0.797. The second-order valence-electron chi connectivity index (χ2n) is 6.79. The molecule has 1 aliphatic carbocycles. The maximum atomic E-state index is 4.75. The van der Waals surface area contributed by atoms with Gasteiger partial charge in [0.2, 0.25) is 5.95 Å². The highest BCUT2D eigenvalue weighted by Crippen LogP contribution is 2.26. The fraction of sp³-hybridized carbons (Fsp3) is 0.350. The molecule has 5 nitrogen and oxygen atoms in total. The summed E-state index contributed by atoms with van der Waals surface area (Å²) in [4.78, 5) is 9.18. The lowest BCUT2D eigenvalue weighted by Gasteiger charge is -2.25. The predicted molar refractivity (Wildman–Crippen MR) is 99.6 cm³/mol. The van der Waals surface area contributed by atoms with E-state index >= 15 is 0 Å². The van der Waals surface area contributed by atoms with Crippen LogP contribution in [-0.4, -0.2) is 25.8 Å². The largest absolute Gasteiger partial charge is 0.351 e. The lowest BCUT2D eigenvalue weighted by molar-refractivity contribution is 0.606. The van der Waals surface area contributed by atoms with Crippen LogP contribution in [0, 0.1) is 13.8 Å². The Bertz CT molecular complexity index is 912. The molecule has 1 aromatic carbocycles. The minimum atomic E-state index is 0.376. The van der Waals surface area contributed by atoms with Gasteiger partial charge in [0.05, 0.1) is 11.4 Å². The zero-order chi connectivity index (χ0) is 17.4. The molecule has 0 bridgehead atoms. The minimum Gasteiger partial charge on any atom is -0.351 e. The van der Waals surface area contributed by atoms with Gasteiger partial charge in [-0.15, -0.1) is 0 Å². The number of anilines is 1. The summed E-state index contributed by atoms with van der Waals surface area (Å²) in [6.07, 6.45) is 5.06. The molecular weight excluding hydrogens is 310 g/mol. The summed E-state index contributed by atoms with van der Waals surface area (Å²) in [5.74, 6) is 0.699. The zero-order valence-electron chi connectivity index (χ0n) is 15.0. The van der Waals surface area contributed by atoms with Gasteiger partial charge in [-0.25, -0.2) is 9.97 Å². The van der Waals surface area contributed by atoms with E-state index in [1.807, 2.05) is 30.9 Å². The van der Waals surface area contributed by atoms with E-state index in [9.17, 15) is 0 Å².